The monoisotopic (exact) mass is 388 g/mol. The molecule has 0 fully saturated rings. The quantitative estimate of drug-likeness (QED) is 0.416. The van der Waals surface area contributed by atoms with Crippen molar-refractivity contribution in [2.75, 3.05) is 25.3 Å². The molecule has 0 spiro atoms. The van der Waals surface area contributed by atoms with Crippen molar-refractivity contribution in [3.8, 4) is 11.5 Å². The van der Waals surface area contributed by atoms with Crippen molar-refractivity contribution in [1.29, 1.82) is 0 Å². The number of fused-ring (bicyclic) bond motifs is 1. The summed E-state index contributed by atoms with van der Waals surface area (Å²) in [5.41, 5.74) is 7.49. The Hall–Kier alpha value is -3.01. The second-order valence-electron chi connectivity index (χ2n) is 5.56. The number of nitrogens with two attached hydrogens (primary N) is 1. The molecule has 1 atom stereocenters. The number of aromatic nitrogens is 4. The first kappa shape index (κ1) is 18.8. The third kappa shape index (κ3) is 4.05. The lowest BCUT2D eigenvalue weighted by atomic mass is 10.2. The van der Waals surface area contributed by atoms with Crippen molar-refractivity contribution in [2.24, 2.45) is 0 Å². The van der Waals surface area contributed by atoms with E-state index in [1.165, 1.54) is 18.1 Å². The van der Waals surface area contributed by atoms with Crippen molar-refractivity contribution >= 4 is 40.5 Å². The molecule has 3 aromatic rings. The van der Waals surface area contributed by atoms with Gasteiger partial charge < -0.3 is 25.5 Å². The van der Waals surface area contributed by atoms with Crippen LogP contribution in [0.3, 0.4) is 0 Å². The number of imidazole rings is 1. The van der Waals surface area contributed by atoms with Crippen LogP contribution in [0.15, 0.2) is 29.6 Å². The molecule has 0 radical (unpaired) electrons. The summed E-state index contributed by atoms with van der Waals surface area (Å²) in [4.78, 5) is 28.1. The average molecular weight is 388 g/mol. The van der Waals surface area contributed by atoms with Crippen LogP contribution in [0.4, 0.5) is 11.6 Å². The average Bonchev–Trinajstić information content (AvgIpc) is 3.14. The number of ether oxygens (including phenoxy) is 2. The number of nitrogens with one attached hydrogen (secondary N) is 2. The molecule has 10 heteroatoms. The molecular formula is C17H20N6O3S. The number of hydrogen-bond donors (Lipinski definition) is 3. The second-order valence-corrected chi connectivity index (χ2v) is 6.75. The molecule has 0 bridgehead atoms. The molecule has 2 aromatic heterocycles. The van der Waals surface area contributed by atoms with Crippen molar-refractivity contribution in [1.82, 2.24) is 19.9 Å². The van der Waals surface area contributed by atoms with Crippen LogP contribution in [-0.2, 0) is 4.79 Å². The summed E-state index contributed by atoms with van der Waals surface area (Å²) in [5.74, 6) is 1.10. The normalized spacial score (nSPS) is 12.0. The molecule has 4 N–H and O–H groups in total. The van der Waals surface area contributed by atoms with E-state index in [1.807, 2.05) is 6.92 Å². The lowest BCUT2D eigenvalue weighted by molar-refractivity contribution is -0.115. The minimum Gasteiger partial charge on any atom is -0.493 e. The number of H-pyrrole nitrogens is 1. The second kappa shape index (κ2) is 8.12. The summed E-state index contributed by atoms with van der Waals surface area (Å²) in [6.45, 7) is 1.93. The summed E-state index contributed by atoms with van der Waals surface area (Å²) < 4.78 is 10.5. The summed E-state index contributed by atoms with van der Waals surface area (Å²) in [5, 5.41) is 3.11. The molecule has 2 heterocycles. The summed E-state index contributed by atoms with van der Waals surface area (Å²) in [6.07, 6.45) is 2.12. The number of rotatable bonds is 7. The number of anilines is 2. The number of carbonyl (C=O) groups is 1. The Balaban J connectivity index is 1.79. The van der Waals surface area contributed by atoms with Gasteiger partial charge in [-0.05, 0) is 18.6 Å². The highest BCUT2D eigenvalue weighted by Crippen LogP contribution is 2.32. The van der Waals surface area contributed by atoms with E-state index in [0.29, 0.717) is 39.8 Å². The Morgan fingerprint density at radius 2 is 2.07 bits per heavy atom. The molecule has 1 aromatic carbocycles. The zero-order valence-electron chi connectivity index (χ0n) is 15.1. The Morgan fingerprint density at radius 3 is 2.78 bits per heavy atom. The highest BCUT2D eigenvalue weighted by molar-refractivity contribution is 8.00. The van der Waals surface area contributed by atoms with Gasteiger partial charge in [0.05, 0.1) is 25.8 Å². The molecule has 3 rings (SSSR count). The van der Waals surface area contributed by atoms with E-state index in [0.717, 1.165) is 0 Å². The highest BCUT2D eigenvalue weighted by atomic mass is 32.2. The Labute approximate surface area is 160 Å². The Morgan fingerprint density at radius 1 is 1.30 bits per heavy atom. The zero-order valence-corrected chi connectivity index (χ0v) is 16.0. The maximum Gasteiger partial charge on any atom is 0.237 e. The van der Waals surface area contributed by atoms with E-state index in [1.54, 1.807) is 32.4 Å². The molecule has 1 amide bonds. The fourth-order valence-corrected chi connectivity index (χ4v) is 3.52. The van der Waals surface area contributed by atoms with Crippen LogP contribution in [-0.4, -0.2) is 45.3 Å². The zero-order chi connectivity index (χ0) is 19.4. The molecule has 27 heavy (non-hydrogen) atoms. The van der Waals surface area contributed by atoms with Crippen LogP contribution < -0.4 is 20.5 Å². The summed E-state index contributed by atoms with van der Waals surface area (Å²) in [7, 11) is 3.10. The van der Waals surface area contributed by atoms with E-state index in [2.05, 4.69) is 25.3 Å². The smallest absolute Gasteiger partial charge is 0.237 e. The fourth-order valence-electron chi connectivity index (χ4n) is 2.50. The number of methoxy groups -OCH3 is 2. The fraction of sp³-hybridized carbons (Fsp3) is 0.294. The van der Waals surface area contributed by atoms with Gasteiger partial charge in [-0.15, -0.1) is 0 Å². The van der Waals surface area contributed by atoms with Crippen molar-refractivity contribution in [2.45, 2.75) is 23.6 Å². The van der Waals surface area contributed by atoms with Gasteiger partial charge in [0.25, 0.3) is 0 Å². The maximum atomic E-state index is 12.8. The van der Waals surface area contributed by atoms with E-state index in [-0.39, 0.29) is 17.1 Å². The first-order chi connectivity index (χ1) is 13.0. The molecule has 9 nitrogen and oxygen atoms in total. The summed E-state index contributed by atoms with van der Waals surface area (Å²) in [6, 6.07) is 5.21. The van der Waals surface area contributed by atoms with Crippen LogP contribution in [0.2, 0.25) is 0 Å². The lowest BCUT2D eigenvalue weighted by Crippen LogP contribution is -2.24. The molecule has 0 aliphatic carbocycles. The number of nitrogen functional groups attached to an aromatic ring is 1. The number of amides is 1. The van der Waals surface area contributed by atoms with Gasteiger partial charge in [-0.2, -0.15) is 4.98 Å². The van der Waals surface area contributed by atoms with Gasteiger partial charge in [0, 0.05) is 11.8 Å². The van der Waals surface area contributed by atoms with Gasteiger partial charge in [0.1, 0.15) is 10.5 Å². The lowest BCUT2D eigenvalue weighted by Gasteiger charge is -2.16. The molecule has 0 aliphatic heterocycles. The van der Waals surface area contributed by atoms with Crippen LogP contribution in [0.1, 0.15) is 13.3 Å². The highest BCUT2D eigenvalue weighted by Gasteiger charge is 2.22. The number of thioether (sulfide) groups is 1. The topological polar surface area (TPSA) is 128 Å². The largest absolute Gasteiger partial charge is 0.493 e. The maximum absolute atomic E-state index is 12.8. The third-order valence-electron chi connectivity index (χ3n) is 3.84. The van der Waals surface area contributed by atoms with Gasteiger partial charge >= 0.3 is 0 Å². The van der Waals surface area contributed by atoms with E-state index in [4.69, 9.17) is 15.2 Å². The Bertz CT molecular complexity index is 961. The minimum absolute atomic E-state index is 0.118. The van der Waals surface area contributed by atoms with Crippen molar-refractivity contribution in [3.05, 3.63) is 24.5 Å². The third-order valence-corrected chi connectivity index (χ3v) is 5.19. The minimum atomic E-state index is -0.376. The van der Waals surface area contributed by atoms with E-state index >= 15 is 0 Å². The first-order valence-electron chi connectivity index (χ1n) is 8.21. The standard InChI is InChI=1S/C17H20N6O3S/c1-4-12(27-16-13-14(20-8-19-13)22-17(18)23-16)15(24)21-9-5-6-10(25-2)11(7-9)26-3/h5-8,12H,4H2,1-3H3,(H,21,24)(H3,18,19,20,22,23)/t12-/m1/s1. The van der Waals surface area contributed by atoms with Crippen LogP contribution >= 0.6 is 11.8 Å². The molecular weight excluding hydrogens is 368 g/mol. The Kier molecular flexibility index (Phi) is 5.65. The van der Waals surface area contributed by atoms with Gasteiger partial charge in [0.2, 0.25) is 11.9 Å². The molecule has 142 valence electrons. The van der Waals surface area contributed by atoms with Gasteiger partial charge in [-0.25, -0.2) is 9.97 Å². The van der Waals surface area contributed by atoms with Crippen LogP contribution in [0.25, 0.3) is 11.2 Å². The van der Waals surface area contributed by atoms with Crippen LogP contribution in [0, 0.1) is 0 Å². The molecule has 0 saturated heterocycles. The molecule has 0 saturated carbocycles. The van der Waals surface area contributed by atoms with Gasteiger partial charge in [-0.3, -0.25) is 4.79 Å². The number of carbonyl (C=O) groups excluding carboxylic acids is 1. The van der Waals surface area contributed by atoms with E-state index in [9.17, 15) is 4.79 Å². The van der Waals surface area contributed by atoms with Crippen molar-refractivity contribution < 1.29 is 14.3 Å². The number of nitrogens with zero attached hydrogens (tertiary/aromatic N) is 3. The number of benzene rings is 1. The predicted octanol–water partition coefficient (Wildman–Crippen LogP) is 2.46. The van der Waals surface area contributed by atoms with E-state index < -0.39 is 0 Å². The first-order valence-corrected chi connectivity index (χ1v) is 9.09. The number of hydrogen-bond acceptors (Lipinski definition) is 8. The summed E-state index contributed by atoms with van der Waals surface area (Å²) >= 11 is 1.31. The van der Waals surface area contributed by atoms with Crippen LogP contribution in [0.5, 0.6) is 11.5 Å². The molecule has 0 aliphatic rings. The number of aromatic amines is 1. The predicted molar refractivity (Wildman–Crippen MR) is 104 cm³/mol. The van der Waals surface area contributed by atoms with Crippen molar-refractivity contribution in [3.63, 3.8) is 0 Å². The van der Waals surface area contributed by atoms with Gasteiger partial charge in [-0.1, -0.05) is 18.7 Å². The van der Waals surface area contributed by atoms with Gasteiger partial charge in [0.15, 0.2) is 17.1 Å². The SMILES string of the molecule is CC[C@@H](Sc1nc(N)nc2nc[nH]c12)C(=O)Nc1ccc(OC)c(OC)c1. The molecule has 0 unspecified atom stereocenters.